The number of halogens is 3. The number of phenols is 1. The Morgan fingerprint density at radius 2 is 1.70 bits per heavy atom. The van der Waals surface area contributed by atoms with Gasteiger partial charge in [-0.3, -0.25) is 0 Å². The fraction of sp³-hybridized carbons (Fsp3) is 0.333. The summed E-state index contributed by atoms with van der Waals surface area (Å²) in [5.41, 5.74) is 2.20. The molecule has 0 amide bonds. The molecule has 0 fully saturated rings. The molecule has 0 heterocycles. The van der Waals surface area contributed by atoms with Crippen LogP contribution in [0.4, 0.5) is 0 Å². The predicted molar refractivity (Wildman–Crippen MR) is 97.5 cm³/mol. The van der Waals surface area contributed by atoms with Gasteiger partial charge in [-0.2, -0.15) is 0 Å². The van der Waals surface area contributed by atoms with E-state index < -0.39 is 0 Å². The summed E-state index contributed by atoms with van der Waals surface area (Å²) in [4.78, 5) is 0. The first-order valence-electron chi connectivity index (χ1n) is 7.47. The lowest BCUT2D eigenvalue weighted by Gasteiger charge is -2.16. The van der Waals surface area contributed by atoms with Gasteiger partial charge in [-0.25, -0.2) is 0 Å². The molecule has 1 atom stereocenters. The molecule has 1 N–H and O–H groups in total. The van der Waals surface area contributed by atoms with Crippen molar-refractivity contribution in [2.75, 3.05) is 12.5 Å². The number of alkyl halides is 1. The number of rotatable bonds is 7. The lowest BCUT2D eigenvalue weighted by atomic mass is 9.93. The molecular formula is C18H19Cl3O2. The van der Waals surface area contributed by atoms with Crippen LogP contribution in [0, 0.1) is 0 Å². The summed E-state index contributed by atoms with van der Waals surface area (Å²) in [5, 5.41) is 10.4. The first-order valence-corrected chi connectivity index (χ1v) is 8.76. The summed E-state index contributed by atoms with van der Waals surface area (Å²) in [6.07, 6.45) is 1.58. The molecule has 0 unspecified atom stereocenters. The Bertz CT molecular complexity index is 618. The maximum atomic E-state index is 9.34. The zero-order valence-corrected chi connectivity index (χ0v) is 15.1. The van der Waals surface area contributed by atoms with E-state index in [1.165, 1.54) is 0 Å². The highest BCUT2D eigenvalue weighted by atomic mass is 35.5. The molecule has 0 aliphatic heterocycles. The van der Waals surface area contributed by atoms with Gasteiger partial charge in [0, 0.05) is 5.88 Å². The summed E-state index contributed by atoms with van der Waals surface area (Å²) in [7, 11) is 0. The van der Waals surface area contributed by atoms with Crippen molar-refractivity contribution in [3.8, 4) is 11.5 Å². The van der Waals surface area contributed by atoms with Gasteiger partial charge in [0.1, 0.15) is 5.75 Å². The molecule has 2 rings (SSSR count). The first kappa shape index (κ1) is 18.3. The van der Waals surface area contributed by atoms with Crippen LogP contribution in [0.25, 0.3) is 0 Å². The zero-order valence-electron chi connectivity index (χ0n) is 12.9. The van der Waals surface area contributed by atoms with Crippen molar-refractivity contribution >= 4 is 34.8 Å². The van der Waals surface area contributed by atoms with E-state index in [1.807, 2.05) is 24.3 Å². The van der Waals surface area contributed by atoms with E-state index in [9.17, 15) is 5.11 Å². The average Bonchev–Trinajstić information content (AvgIpc) is 2.52. The molecule has 0 spiro atoms. The Morgan fingerprint density at radius 1 is 1.09 bits per heavy atom. The van der Waals surface area contributed by atoms with Crippen LogP contribution in [0.5, 0.6) is 11.5 Å². The lowest BCUT2D eigenvalue weighted by molar-refractivity contribution is 0.318. The monoisotopic (exact) mass is 372 g/mol. The van der Waals surface area contributed by atoms with Crippen molar-refractivity contribution in [1.82, 2.24) is 0 Å². The molecule has 23 heavy (non-hydrogen) atoms. The van der Waals surface area contributed by atoms with Gasteiger partial charge in [0.25, 0.3) is 0 Å². The summed E-state index contributed by atoms with van der Waals surface area (Å²) < 4.78 is 5.60. The van der Waals surface area contributed by atoms with E-state index >= 15 is 0 Å². The quantitative estimate of drug-likeness (QED) is 0.472. The minimum atomic E-state index is 0.242. The molecule has 124 valence electrons. The molecule has 0 aromatic heterocycles. The van der Waals surface area contributed by atoms with Crippen molar-refractivity contribution in [2.24, 2.45) is 0 Å². The van der Waals surface area contributed by atoms with Crippen molar-refractivity contribution in [3.63, 3.8) is 0 Å². The van der Waals surface area contributed by atoms with Gasteiger partial charge in [0.2, 0.25) is 0 Å². The van der Waals surface area contributed by atoms with Gasteiger partial charge >= 0.3 is 0 Å². The van der Waals surface area contributed by atoms with Crippen LogP contribution in [-0.4, -0.2) is 17.6 Å². The molecule has 0 bridgehead atoms. The topological polar surface area (TPSA) is 29.5 Å². The van der Waals surface area contributed by atoms with E-state index in [0.29, 0.717) is 28.3 Å². The van der Waals surface area contributed by atoms with Crippen molar-refractivity contribution in [2.45, 2.75) is 25.7 Å². The van der Waals surface area contributed by atoms with Crippen LogP contribution in [0.2, 0.25) is 10.0 Å². The molecule has 2 nitrogen and oxygen atoms in total. The third-order valence-corrected chi connectivity index (χ3v) is 4.42. The second kappa shape index (κ2) is 8.68. The highest BCUT2D eigenvalue weighted by Gasteiger charge is 2.14. The molecule has 0 saturated carbocycles. The Kier molecular flexibility index (Phi) is 6.88. The number of hydrogen-bond acceptors (Lipinski definition) is 2. The van der Waals surface area contributed by atoms with Crippen molar-refractivity contribution in [1.29, 1.82) is 0 Å². The molecule has 5 heteroatoms. The van der Waals surface area contributed by atoms with Crippen LogP contribution in [0.1, 0.15) is 30.4 Å². The van der Waals surface area contributed by atoms with Crippen LogP contribution < -0.4 is 4.74 Å². The van der Waals surface area contributed by atoms with Gasteiger partial charge in [0.05, 0.1) is 16.7 Å². The van der Waals surface area contributed by atoms with Gasteiger partial charge in [-0.1, -0.05) is 42.3 Å². The van der Waals surface area contributed by atoms with Gasteiger partial charge < -0.3 is 9.84 Å². The third-order valence-electron chi connectivity index (χ3n) is 3.59. The number of hydrogen-bond donors (Lipinski definition) is 1. The maximum Gasteiger partial charge on any atom is 0.156 e. The molecule has 2 aromatic rings. The molecular weight excluding hydrogens is 355 g/mol. The lowest BCUT2D eigenvalue weighted by Crippen LogP contribution is -2.02. The standard InChI is InChI=1S/C18H19Cl3O2/c1-12(9-13-3-5-15(22)6-4-13)14-10-16(20)18(17(21)11-14)23-8-2-7-19/h3-6,10-12,22H,2,7-9H2,1H3/t12-/m1/s1. The van der Waals surface area contributed by atoms with E-state index in [4.69, 9.17) is 39.5 Å². The number of aromatic hydroxyl groups is 1. The molecule has 0 saturated heterocycles. The van der Waals surface area contributed by atoms with Crippen LogP contribution in [-0.2, 0) is 6.42 Å². The highest BCUT2D eigenvalue weighted by molar-refractivity contribution is 6.37. The third kappa shape index (κ3) is 5.20. The van der Waals surface area contributed by atoms with E-state index in [2.05, 4.69) is 6.92 Å². The largest absolute Gasteiger partial charge is 0.508 e. The predicted octanol–water partition coefficient (Wildman–Crippen LogP) is 6.05. The summed E-state index contributed by atoms with van der Waals surface area (Å²) in [6.45, 7) is 2.61. The molecule has 0 aliphatic carbocycles. The Morgan fingerprint density at radius 3 is 2.26 bits per heavy atom. The number of benzene rings is 2. The van der Waals surface area contributed by atoms with Crippen LogP contribution in [0.15, 0.2) is 36.4 Å². The normalized spacial score (nSPS) is 12.2. The maximum absolute atomic E-state index is 9.34. The van der Waals surface area contributed by atoms with E-state index in [0.717, 1.165) is 24.0 Å². The van der Waals surface area contributed by atoms with E-state index in [1.54, 1.807) is 12.1 Å². The fourth-order valence-electron chi connectivity index (χ4n) is 2.33. The summed E-state index contributed by atoms with van der Waals surface area (Å²) >= 11 is 18.3. The minimum Gasteiger partial charge on any atom is -0.508 e. The first-order chi connectivity index (χ1) is 11.0. The smallest absolute Gasteiger partial charge is 0.156 e. The SMILES string of the molecule is C[C@H](Cc1ccc(O)cc1)c1cc(Cl)c(OCCCCl)c(Cl)c1. The van der Waals surface area contributed by atoms with Gasteiger partial charge in [-0.05, 0) is 54.2 Å². The minimum absolute atomic E-state index is 0.242. The average molecular weight is 374 g/mol. The van der Waals surface area contributed by atoms with Gasteiger partial charge in [0.15, 0.2) is 5.75 Å². The summed E-state index contributed by atoms with van der Waals surface area (Å²) in [5.74, 6) is 1.56. The molecule has 2 aromatic carbocycles. The van der Waals surface area contributed by atoms with Crippen LogP contribution in [0.3, 0.4) is 0 Å². The van der Waals surface area contributed by atoms with E-state index in [-0.39, 0.29) is 11.7 Å². The van der Waals surface area contributed by atoms with Crippen molar-refractivity contribution in [3.05, 3.63) is 57.6 Å². The Balaban J connectivity index is 2.11. The number of phenolic OH excluding ortho intramolecular Hbond substituents is 1. The Labute approximate surface area is 151 Å². The zero-order chi connectivity index (χ0) is 16.8. The Hall–Kier alpha value is -1.09. The number of ether oxygens (including phenoxy) is 1. The van der Waals surface area contributed by atoms with Crippen molar-refractivity contribution < 1.29 is 9.84 Å². The highest BCUT2D eigenvalue weighted by Crippen LogP contribution is 2.37. The molecule has 0 radical (unpaired) electrons. The molecule has 0 aliphatic rings. The van der Waals surface area contributed by atoms with Crippen LogP contribution >= 0.6 is 34.8 Å². The van der Waals surface area contributed by atoms with Gasteiger partial charge in [-0.15, -0.1) is 11.6 Å². The summed E-state index contributed by atoms with van der Waals surface area (Å²) in [6, 6.07) is 11.0. The fourth-order valence-corrected chi connectivity index (χ4v) is 3.06. The second-order valence-corrected chi connectivity index (χ2v) is 6.67. The second-order valence-electron chi connectivity index (χ2n) is 5.48.